The molecule has 0 spiro atoms. The van der Waals surface area contributed by atoms with Crippen LogP contribution in [0.5, 0.6) is 5.75 Å². The number of hydrogen-bond donors (Lipinski definition) is 1. The van der Waals surface area contributed by atoms with Gasteiger partial charge in [0.2, 0.25) is 0 Å². The zero-order chi connectivity index (χ0) is 18.7. The molecule has 26 heavy (non-hydrogen) atoms. The van der Waals surface area contributed by atoms with Gasteiger partial charge in [0.25, 0.3) is 5.91 Å². The average molecular weight is 370 g/mol. The van der Waals surface area contributed by atoms with Gasteiger partial charge in [0.15, 0.2) is 0 Å². The van der Waals surface area contributed by atoms with Gasteiger partial charge in [-0.05, 0) is 44.2 Å². The van der Waals surface area contributed by atoms with Crippen LogP contribution >= 0.6 is 11.6 Å². The number of carbonyl (C=O) groups excluding carboxylic acids is 1. The molecule has 0 atom stereocenters. The van der Waals surface area contributed by atoms with Crippen LogP contribution in [0.2, 0.25) is 5.02 Å². The van der Waals surface area contributed by atoms with Crippen LogP contribution in [-0.4, -0.2) is 22.8 Å². The molecule has 1 amide bonds. The number of amides is 1. The molecular weight excluding hydrogens is 350 g/mol. The molecule has 3 aromatic rings. The van der Waals surface area contributed by atoms with Crippen LogP contribution in [-0.2, 0) is 6.54 Å². The van der Waals surface area contributed by atoms with E-state index < -0.39 is 0 Å². The normalized spacial score (nSPS) is 10.6. The Hall–Kier alpha value is -2.79. The molecule has 134 valence electrons. The minimum atomic E-state index is -0.240. The van der Waals surface area contributed by atoms with Gasteiger partial charge in [0.1, 0.15) is 5.75 Å². The summed E-state index contributed by atoms with van der Waals surface area (Å²) in [6.45, 7) is 4.31. The van der Waals surface area contributed by atoms with Crippen LogP contribution in [0.15, 0.2) is 48.5 Å². The molecule has 5 nitrogen and oxygen atoms in total. The molecule has 2 aromatic carbocycles. The Bertz CT molecular complexity index is 936. The maximum atomic E-state index is 12.6. The molecule has 0 aliphatic carbocycles. The maximum Gasteiger partial charge on any atom is 0.255 e. The molecule has 6 heteroatoms. The number of carbonyl (C=O) groups is 1. The summed E-state index contributed by atoms with van der Waals surface area (Å²) in [7, 11) is 1.53. The summed E-state index contributed by atoms with van der Waals surface area (Å²) in [5, 5.41) is 8.02. The Morgan fingerprint density at radius 3 is 2.62 bits per heavy atom. The van der Waals surface area contributed by atoms with Crippen molar-refractivity contribution in [2.45, 2.75) is 20.4 Å². The number of nitrogens with zero attached hydrogens (tertiary/aromatic N) is 2. The lowest BCUT2D eigenvalue weighted by Gasteiger charge is -2.10. The van der Waals surface area contributed by atoms with Crippen molar-refractivity contribution in [1.82, 2.24) is 15.1 Å². The molecule has 0 aliphatic rings. The molecule has 0 bridgehead atoms. The zero-order valence-electron chi connectivity index (χ0n) is 14.9. The second-order valence-electron chi connectivity index (χ2n) is 5.92. The number of nitrogens with one attached hydrogen (secondary N) is 1. The molecule has 1 heterocycles. The van der Waals surface area contributed by atoms with Crippen LogP contribution in [0, 0.1) is 13.8 Å². The Morgan fingerprint density at radius 1 is 1.19 bits per heavy atom. The van der Waals surface area contributed by atoms with Gasteiger partial charge in [-0.25, -0.2) is 4.68 Å². The van der Waals surface area contributed by atoms with E-state index in [1.54, 1.807) is 18.2 Å². The van der Waals surface area contributed by atoms with Crippen molar-refractivity contribution in [3.05, 3.63) is 76.1 Å². The van der Waals surface area contributed by atoms with E-state index in [0.29, 0.717) is 22.9 Å². The maximum absolute atomic E-state index is 12.6. The Morgan fingerprint density at radius 2 is 1.92 bits per heavy atom. The van der Waals surface area contributed by atoms with E-state index in [2.05, 4.69) is 10.4 Å². The third-order valence-electron chi connectivity index (χ3n) is 4.27. The second-order valence-corrected chi connectivity index (χ2v) is 6.36. The van der Waals surface area contributed by atoms with Crippen molar-refractivity contribution in [3.63, 3.8) is 0 Å². The van der Waals surface area contributed by atoms with Crippen molar-refractivity contribution in [3.8, 4) is 11.4 Å². The molecule has 0 saturated carbocycles. The molecule has 0 unspecified atom stereocenters. The molecule has 1 N–H and O–H groups in total. The van der Waals surface area contributed by atoms with Crippen molar-refractivity contribution in [2.75, 3.05) is 7.11 Å². The predicted octanol–water partition coefficient (Wildman–Crippen LogP) is 4.08. The summed E-state index contributed by atoms with van der Waals surface area (Å²) >= 11 is 6.01. The van der Waals surface area contributed by atoms with Crippen LogP contribution in [0.4, 0.5) is 0 Å². The van der Waals surface area contributed by atoms with Crippen molar-refractivity contribution in [1.29, 1.82) is 0 Å². The largest absolute Gasteiger partial charge is 0.496 e. The minimum Gasteiger partial charge on any atom is -0.496 e. The van der Waals surface area contributed by atoms with E-state index in [9.17, 15) is 4.79 Å². The first-order chi connectivity index (χ1) is 12.5. The summed E-state index contributed by atoms with van der Waals surface area (Å²) in [6.07, 6.45) is 0. The van der Waals surface area contributed by atoms with Crippen LogP contribution in [0.1, 0.15) is 27.3 Å². The molecule has 0 saturated heterocycles. The highest BCUT2D eigenvalue weighted by molar-refractivity contribution is 6.31. The molecule has 0 aliphatic heterocycles. The van der Waals surface area contributed by atoms with Gasteiger partial charge in [-0.3, -0.25) is 4.79 Å². The number of methoxy groups -OCH3 is 1. The van der Waals surface area contributed by atoms with E-state index in [1.165, 1.54) is 7.11 Å². The van der Waals surface area contributed by atoms with Gasteiger partial charge in [0, 0.05) is 22.8 Å². The standard InChI is InChI=1S/C20H20ClN3O2/c1-13-18(14(2)24(23-13)16-7-5-4-6-8-16)12-22-20(25)17-11-15(21)9-10-19(17)26-3/h4-11H,12H2,1-3H3,(H,22,25). The highest BCUT2D eigenvalue weighted by Crippen LogP contribution is 2.23. The summed E-state index contributed by atoms with van der Waals surface area (Å²) in [5.74, 6) is 0.246. The lowest BCUT2D eigenvalue weighted by Crippen LogP contribution is -2.24. The minimum absolute atomic E-state index is 0.240. The first-order valence-electron chi connectivity index (χ1n) is 8.23. The van der Waals surface area contributed by atoms with E-state index >= 15 is 0 Å². The van der Waals surface area contributed by atoms with E-state index in [0.717, 1.165) is 22.6 Å². The Labute approximate surface area is 157 Å². The zero-order valence-corrected chi connectivity index (χ0v) is 15.7. The van der Waals surface area contributed by atoms with Gasteiger partial charge in [-0.15, -0.1) is 0 Å². The SMILES string of the molecule is COc1ccc(Cl)cc1C(=O)NCc1c(C)nn(-c2ccccc2)c1C. The molecule has 0 fully saturated rings. The fourth-order valence-electron chi connectivity index (χ4n) is 2.87. The van der Waals surface area contributed by atoms with Crippen LogP contribution < -0.4 is 10.1 Å². The van der Waals surface area contributed by atoms with Crippen molar-refractivity contribution >= 4 is 17.5 Å². The lowest BCUT2D eigenvalue weighted by molar-refractivity contribution is 0.0948. The van der Waals surface area contributed by atoms with E-state index in [1.807, 2.05) is 48.9 Å². The van der Waals surface area contributed by atoms with Crippen LogP contribution in [0.25, 0.3) is 5.69 Å². The lowest BCUT2D eigenvalue weighted by atomic mass is 10.1. The summed E-state index contributed by atoms with van der Waals surface area (Å²) in [5.41, 5.74) is 4.26. The number of aryl methyl sites for hydroxylation is 1. The van der Waals surface area contributed by atoms with Gasteiger partial charge < -0.3 is 10.1 Å². The van der Waals surface area contributed by atoms with Gasteiger partial charge in [-0.1, -0.05) is 29.8 Å². The van der Waals surface area contributed by atoms with Gasteiger partial charge in [-0.2, -0.15) is 5.10 Å². The number of para-hydroxylation sites is 1. The number of hydrogen-bond acceptors (Lipinski definition) is 3. The summed E-state index contributed by atoms with van der Waals surface area (Å²) in [4.78, 5) is 12.6. The smallest absolute Gasteiger partial charge is 0.255 e. The molecule has 3 rings (SSSR count). The summed E-state index contributed by atoms with van der Waals surface area (Å²) in [6, 6.07) is 14.9. The fraction of sp³-hybridized carbons (Fsp3) is 0.200. The quantitative estimate of drug-likeness (QED) is 0.737. The first kappa shape index (κ1) is 18.0. The van der Waals surface area contributed by atoms with Crippen molar-refractivity contribution < 1.29 is 9.53 Å². The molecular formula is C20H20ClN3O2. The van der Waals surface area contributed by atoms with Gasteiger partial charge in [0.05, 0.1) is 24.1 Å². The van der Waals surface area contributed by atoms with Crippen LogP contribution in [0.3, 0.4) is 0 Å². The highest BCUT2D eigenvalue weighted by atomic mass is 35.5. The van der Waals surface area contributed by atoms with Gasteiger partial charge >= 0.3 is 0 Å². The topological polar surface area (TPSA) is 56.1 Å². The number of ether oxygens (including phenoxy) is 1. The first-order valence-corrected chi connectivity index (χ1v) is 8.61. The third-order valence-corrected chi connectivity index (χ3v) is 4.51. The number of benzene rings is 2. The second kappa shape index (κ2) is 7.62. The average Bonchev–Trinajstić information content (AvgIpc) is 2.94. The molecule has 1 aromatic heterocycles. The highest BCUT2D eigenvalue weighted by Gasteiger charge is 2.16. The Kier molecular flexibility index (Phi) is 5.28. The third kappa shape index (κ3) is 3.58. The monoisotopic (exact) mass is 369 g/mol. The number of halogens is 1. The predicted molar refractivity (Wildman–Crippen MR) is 102 cm³/mol. The van der Waals surface area contributed by atoms with Crippen molar-refractivity contribution in [2.24, 2.45) is 0 Å². The number of rotatable bonds is 5. The number of aromatic nitrogens is 2. The molecule has 0 radical (unpaired) electrons. The Balaban J connectivity index is 1.82. The fourth-order valence-corrected chi connectivity index (χ4v) is 3.05. The summed E-state index contributed by atoms with van der Waals surface area (Å²) < 4.78 is 7.13. The van der Waals surface area contributed by atoms with E-state index in [4.69, 9.17) is 16.3 Å². The van der Waals surface area contributed by atoms with E-state index in [-0.39, 0.29) is 5.91 Å².